The van der Waals surface area contributed by atoms with Crippen LogP contribution in [0.5, 0.6) is 5.75 Å². The van der Waals surface area contributed by atoms with Crippen molar-refractivity contribution in [1.29, 1.82) is 0 Å². The molecule has 0 bridgehead atoms. The number of nitrogens with zero attached hydrogens (tertiary/aromatic N) is 5. The summed E-state index contributed by atoms with van der Waals surface area (Å²) in [6.45, 7) is 3.79. The Kier molecular flexibility index (Phi) is 5.37. The number of carbonyl (C=O) groups is 2. The van der Waals surface area contributed by atoms with E-state index in [0.29, 0.717) is 22.9 Å². The number of amides is 2. The smallest absolute Gasteiger partial charge is 0.229 e. The summed E-state index contributed by atoms with van der Waals surface area (Å²) in [6.07, 6.45) is 0.0725. The lowest BCUT2D eigenvalue weighted by Gasteiger charge is -2.20. The highest BCUT2D eigenvalue weighted by molar-refractivity contribution is 6.04. The molecule has 9 nitrogen and oxygen atoms in total. The summed E-state index contributed by atoms with van der Waals surface area (Å²) in [5.41, 5.74) is 2.12. The van der Waals surface area contributed by atoms with Crippen LogP contribution in [0.1, 0.15) is 17.8 Å². The molecule has 1 aromatic heterocycles. The number of methoxy groups -OCH3 is 1. The van der Waals surface area contributed by atoms with Crippen LogP contribution in [-0.4, -0.2) is 45.7 Å². The highest BCUT2D eigenvalue weighted by Crippen LogP contribution is 2.34. The van der Waals surface area contributed by atoms with E-state index in [1.54, 1.807) is 17.9 Å². The minimum absolute atomic E-state index is 0.0725. The lowest BCUT2D eigenvalue weighted by atomic mass is 10.1. The monoisotopic (exact) mass is 424 g/mol. The first-order valence-corrected chi connectivity index (χ1v) is 9.68. The average Bonchev–Trinajstić information content (AvgIpc) is 3.35. The molecule has 1 aliphatic heterocycles. The van der Waals surface area contributed by atoms with Gasteiger partial charge in [0, 0.05) is 18.7 Å². The fourth-order valence-corrected chi connectivity index (χ4v) is 3.58. The van der Waals surface area contributed by atoms with Gasteiger partial charge in [0.25, 0.3) is 0 Å². The number of tetrazole rings is 1. The normalized spacial score (nSPS) is 15.9. The first-order chi connectivity index (χ1) is 14.9. The van der Waals surface area contributed by atoms with Gasteiger partial charge in [0.2, 0.25) is 11.8 Å². The molecule has 2 amide bonds. The molecule has 0 saturated carbocycles. The lowest BCUT2D eigenvalue weighted by Crippen LogP contribution is -2.28. The quantitative estimate of drug-likeness (QED) is 0.675. The molecule has 160 valence electrons. The van der Waals surface area contributed by atoms with Gasteiger partial charge in [-0.05, 0) is 60.2 Å². The molecule has 1 saturated heterocycles. The number of benzene rings is 2. The number of anilines is 2. The van der Waals surface area contributed by atoms with Crippen molar-refractivity contribution in [3.63, 3.8) is 0 Å². The van der Waals surface area contributed by atoms with Gasteiger partial charge in [0.15, 0.2) is 5.82 Å². The number of aromatic nitrogens is 4. The molecular weight excluding hydrogens is 403 g/mol. The molecule has 1 atom stereocenters. The molecule has 0 aliphatic carbocycles. The van der Waals surface area contributed by atoms with Crippen LogP contribution in [0.3, 0.4) is 0 Å². The Balaban J connectivity index is 1.52. The van der Waals surface area contributed by atoms with Crippen molar-refractivity contribution >= 4 is 23.2 Å². The summed E-state index contributed by atoms with van der Waals surface area (Å²) >= 11 is 0. The molecule has 1 fully saturated rings. The van der Waals surface area contributed by atoms with Crippen LogP contribution < -0.4 is 15.0 Å². The van der Waals surface area contributed by atoms with Crippen molar-refractivity contribution < 1.29 is 18.7 Å². The summed E-state index contributed by atoms with van der Waals surface area (Å²) in [5.74, 6) is -0.587. The third-order valence-electron chi connectivity index (χ3n) is 5.19. The SMILES string of the molecule is COc1ccc(C)cc1N1CC(C(=O)Nc2ccc(F)c(-n3nnnc3C)c2)CC1=O. The van der Waals surface area contributed by atoms with Gasteiger partial charge in [-0.1, -0.05) is 6.07 Å². The first-order valence-electron chi connectivity index (χ1n) is 9.68. The highest BCUT2D eigenvalue weighted by atomic mass is 19.1. The zero-order valence-electron chi connectivity index (χ0n) is 17.3. The van der Waals surface area contributed by atoms with Gasteiger partial charge in [0.1, 0.15) is 17.3 Å². The Bertz CT molecular complexity index is 1160. The summed E-state index contributed by atoms with van der Waals surface area (Å²) in [6, 6.07) is 9.69. The molecule has 4 rings (SSSR count). The second kappa shape index (κ2) is 8.13. The van der Waals surface area contributed by atoms with Gasteiger partial charge >= 0.3 is 0 Å². The first kappa shape index (κ1) is 20.5. The highest BCUT2D eigenvalue weighted by Gasteiger charge is 2.36. The van der Waals surface area contributed by atoms with E-state index in [0.717, 1.165) is 5.56 Å². The largest absolute Gasteiger partial charge is 0.495 e. The standard InChI is InChI=1S/C21H21FN6O3/c1-12-4-7-19(31-3)18(8-12)27-11-14(9-20(27)29)21(30)23-15-5-6-16(22)17(10-15)28-13(2)24-25-26-28/h4-8,10,14H,9,11H2,1-3H3,(H,23,30). The number of ether oxygens (including phenoxy) is 1. The summed E-state index contributed by atoms with van der Waals surface area (Å²) in [5, 5.41) is 13.8. The van der Waals surface area contributed by atoms with Gasteiger partial charge in [0.05, 0.1) is 18.7 Å². The van der Waals surface area contributed by atoms with Crippen molar-refractivity contribution in [2.45, 2.75) is 20.3 Å². The third-order valence-corrected chi connectivity index (χ3v) is 5.19. The fraction of sp³-hybridized carbons (Fsp3) is 0.286. The summed E-state index contributed by atoms with van der Waals surface area (Å²) in [4.78, 5) is 27.0. The fourth-order valence-electron chi connectivity index (χ4n) is 3.58. The van der Waals surface area contributed by atoms with Crippen LogP contribution in [0.25, 0.3) is 5.69 Å². The molecule has 0 spiro atoms. The van der Waals surface area contributed by atoms with Crippen LogP contribution in [0.15, 0.2) is 36.4 Å². The van der Waals surface area contributed by atoms with Crippen molar-refractivity contribution in [2.24, 2.45) is 5.92 Å². The molecule has 1 N–H and O–H groups in total. The second-order valence-electron chi connectivity index (χ2n) is 7.37. The number of hydrogen-bond donors (Lipinski definition) is 1. The maximum atomic E-state index is 14.3. The van der Waals surface area contributed by atoms with E-state index < -0.39 is 11.7 Å². The third kappa shape index (κ3) is 3.96. The molecule has 1 aliphatic rings. The Morgan fingerprint density at radius 1 is 1.19 bits per heavy atom. The van der Waals surface area contributed by atoms with E-state index in [2.05, 4.69) is 20.8 Å². The molecule has 10 heteroatoms. The van der Waals surface area contributed by atoms with E-state index in [1.165, 1.54) is 30.0 Å². The number of hydrogen-bond acceptors (Lipinski definition) is 6. The molecule has 2 aromatic carbocycles. The van der Waals surface area contributed by atoms with E-state index >= 15 is 0 Å². The van der Waals surface area contributed by atoms with Crippen molar-refractivity contribution in [2.75, 3.05) is 23.9 Å². The zero-order chi connectivity index (χ0) is 22.1. The van der Waals surface area contributed by atoms with Crippen LogP contribution in [0.2, 0.25) is 0 Å². The minimum atomic E-state index is -0.555. The number of rotatable bonds is 5. The predicted molar refractivity (Wildman–Crippen MR) is 111 cm³/mol. The summed E-state index contributed by atoms with van der Waals surface area (Å²) < 4.78 is 20.9. The van der Waals surface area contributed by atoms with Crippen LogP contribution >= 0.6 is 0 Å². The van der Waals surface area contributed by atoms with E-state index in [1.807, 2.05) is 19.1 Å². The maximum absolute atomic E-state index is 14.3. The maximum Gasteiger partial charge on any atom is 0.229 e. The van der Waals surface area contributed by atoms with Gasteiger partial charge in [-0.15, -0.1) is 5.10 Å². The molecule has 3 aromatic rings. The number of carbonyl (C=O) groups excluding carboxylic acids is 2. The molecule has 0 radical (unpaired) electrons. The van der Waals surface area contributed by atoms with Crippen LogP contribution in [-0.2, 0) is 9.59 Å². The number of aryl methyl sites for hydroxylation is 2. The Labute approximate surface area is 177 Å². The van der Waals surface area contributed by atoms with Gasteiger partial charge in [-0.2, -0.15) is 4.68 Å². The number of halogens is 1. The van der Waals surface area contributed by atoms with Crippen LogP contribution in [0, 0.1) is 25.6 Å². The zero-order valence-corrected chi connectivity index (χ0v) is 17.3. The molecule has 1 unspecified atom stereocenters. The molecule has 31 heavy (non-hydrogen) atoms. The molecule has 2 heterocycles. The van der Waals surface area contributed by atoms with Crippen LogP contribution in [0.4, 0.5) is 15.8 Å². The van der Waals surface area contributed by atoms with E-state index in [9.17, 15) is 14.0 Å². The minimum Gasteiger partial charge on any atom is -0.495 e. The van der Waals surface area contributed by atoms with E-state index in [4.69, 9.17) is 4.74 Å². The van der Waals surface area contributed by atoms with Crippen molar-refractivity contribution in [1.82, 2.24) is 20.2 Å². The van der Waals surface area contributed by atoms with Crippen molar-refractivity contribution in [3.8, 4) is 11.4 Å². The average molecular weight is 424 g/mol. The van der Waals surface area contributed by atoms with Gasteiger partial charge in [-0.3, -0.25) is 9.59 Å². The van der Waals surface area contributed by atoms with Gasteiger partial charge in [-0.25, -0.2) is 4.39 Å². The van der Waals surface area contributed by atoms with E-state index in [-0.39, 0.29) is 30.5 Å². The van der Waals surface area contributed by atoms with Gasteiger partial charge < -0.3 is 15.0 Å². The predicted octanol–water partition coefficient (Wildman–Crippen LogP) is 2.42. The second-order valence-corrected chi connectivity index (χ2v) is 7.37. The Hall–Kier alpha value is -3.82. The Morgan fingerprint density at radius 2 is 2.00 bits per heavy atom. The molecular formula is C21H21FN6O3. The summed E-state index contributed by atoms with van der Waals surface area (Å²) in [7, 11) is 1.54. The van der Waals surface area contributed by atoms with Crippen molar-refractivity contribution in [3.05, 3.63) is 53.6 Å². The number of nitrogens with one attached hydrogen (secondary N) is 1. The topological polar surface area (TPSA) is 102 Å². The lowest BCUT2D eigenvalue weighted by molar-refractivity contribution is -0.122. The Morgan fingerprint density at radius 3 is 2.71 bits per heavy atom.